The molecule has 0 bridgehead atoms. The molecule has 1 aliphatic rings. The summed E-state index contributed by atoms with van der Waals surface area (Å²) in [7, 11) is 0. The zero-order chi connectivity index (χ0) is 24.2. The highest BCUT2D eigenvalue weighted by Gasteiger charge is 2.29. The van der Waals surface area contributed by atoms with Gasteiger partial charge in [0.25, 0.3) is 11.5 Å². The number of nitrogens with one attached hydrogen (secondary N) is 3. The molecular weight excluding hydrogens is 444 g/mol. The van der Waals surface area contributed by atoms with Crippen LogP contribution in [0.5, 0.6) is 0 Å². The number of carbonyl (C=O) groups excluding carboxylic acids is 1. The molecule has 0 radical (unpaired) electrons. The van der Waals surface area contributed by atoms with Gasteiger partial charge in [0.15, 0.2) is 5.82 Å². The molecule has 0 spiro atoms. The predicted molar refractivity (Wildman–Crippen MR) is 130 cm³/mol. The second-order valence-electron chi connectivity index (χ2n) is 8.53. The van der Waals surface area contributed by atoms with Crippen molar-refractivity contribution in [1.82, 2.24) is 30.0 Å². The van der Waals surface area contributed by atoms with E-state index >= 15 is 0 Å². The first kappa shape index (κ1) is 22.3. The number of H-pyrrole nitrogens is 1. The summed E-state index contributed by atoms with van der Waals surface area (Å²) >= 11 is 0. The van der Waals surface area contributed by atoms with Gasteiger partial charge >= 0.3 is 0 Å². The van der Waals surface area contributed by atoms with Crippen molar-refractivity contribution in [3.8, 4) is 6.07 Å². The van der Waals surface area contributed by atoms with E-state index in [1.165, 1.54) is 12.4 Å². The molecule has 1 fully saturated rings. The Kier molecular flexibility index (Phi) is 6.22. The molecule has 1 amide bonds. The summed E-state index contributed by atoms with van der Waals surface area (Å²) in [5.41, 5.74) is 2.04. The highest BCUT2D eigenvalue weighted by molar-refractivity contribution is 5.91. The summed E-state index contributed by atoms with van der Waals surface area (Å²) in [4.78, 5) is 35.6. The Morgan fingerprint density at radius 3 is 2.83 bits per heavy atom. The lowest BCUT2D eigenvalue weighted by atomic mass is 9.85. The largest absolute Gasteiger partial charge is 0.345 e. The lowest BCUT2D eigenvalue weighted by Crippen LogP contribution is -2.24. The quantitative estimate of drug-likeness (QED) is 0.393. The molecule has 5 rings (SSSR count). The monoisotopic (exact) mass is 468 g/mol. The number of fused-ring (bicyclic) bond motifs is 1. The van der Waals surface area contributed by atoms with Gasteiger partial charge in [-0.3, -0.25) is 14.3 Å². The van der Waals surface area contributed by atoms with Crippen molar-refractivity contribution in [2.75, 3.05) is 5.32 Å². The lowest BCUT2D eigenvalue weighted by molar-refractivity contribution is 0.0940. The topological polar surface area (TPSA) is 141 Å². The minimum absolute atomic E-state index is 0.0737. The van der Waals surface area contributed by atoms with Crippen LogP contribution in [0.4, 0.5) is 11.5 Å². The van der Waals surface area contributed by atoms with Crippen LogP contribution in [-0.4, -0.2) is 30.6 Å². The number of hydrogen-bond acceptors (Lipinski definition) is 7. The molecule has 1 saturated carbocycles. The first-order valence-electron chi connectivity index (χ1n) is 11.5. The molecule has 35 heavy (non-hydrogen) atoms. The Balaban J connectivity index is 1.40. The Bertz CT molecular complexity index is 1450. The van der Waals surface area contributed by atoms with Gasteiger partial charge in [0.1, 0.15) is 5.39 Å². The van der Waals surface area contributed by atoms with Crippen LogP contribution in [0.3, 0.4) is 0 Å². The fraction of sp³-hybridized carbons (Fsp3) is 0.280. The van der Waals surface area contributed by atoms with Crippen LogP contribution in [0.2, 0.25) is 0 Å². The number of anilines is 2. The Morgan fingerprint density at radius 1 is 1.17 bits per heavy atom. The number of aromatic nitrogens is 5. The molecule has 0 saturated heterocycles. The number of rotatable bonds is 6. The summed E-state index contributed by atoms with van der Waals surface area (Å²) < 4.78 is 1.84. The van der Waals surface area contributed by atoms with Crippen LogP contribution >= 0.6 is 0 Å². The molecule has 3 N–H and O–H groups in total. The van der Waals surface area contributed by atoms with E-state index in [0.717, 1.165) is 36.9 Å². The summed E-state index contributed by atoms with van der Waals surface area (Å²) in [6, 6.07) is 13.3. The van der Waals surface area contributed by atoms with E-state index in [1.54, 1.807) is 12.3 Å². The SMILES string of the molecule is N#CC1CCCCC1n1nc(Nc2cccc(CNC(=O)c3ncccn3)c2)c2c(=O)[nH]ccc21. The second kappa shape index (κ2) is 9.77. The fourth-order valence-corrected chi connectivity index (χ4v) is 4.57. The molecule has 10 nitrogen and oxygen atoms in total. The Labute approximate surface area is 201 Å². The van der Waals surface area contributed by atoms with Crippen LogP contribution in [0, 0.1) is 17.2 Å². The molecule has 0 aliphatic heterocycles. The average Bonchev–Trinajstić information content (AvgIpc) is 3.27. The summed E-state index contributed by atoms with van der Waals surface area (Å²) in [5.74, 6) is 0.0404. The van der Waals surface area contributed by atoms with Gasteiger partial charge in [-0.1, -0.05) is 25.0 Å². The first-order chi connectivity index (χ1) is 17.1. The van der Waals surface area contributed by atoms with Crippen LogP contribution in [-0.2, 0) is 6.54 Å². The standard InChI is InChI=1S/C25H24N8O2/c26-14-17-6-1-2-8-19(17)33-20-9-12-29-24(34)21(20)22(32-33)31-18-7-3-5-16(13-18)15-30-25(35)23-27-10-4-11-28-23/h3-5,7,9-13,17,19H,1-2,6,8,15H2,(H,29,34)(H,30,35)(H,31,32). The number of nitriles is 1. The number of carbonyl (C=O) groups is 1. The molecule has 4 aromatic rings. The molecule has 10 heteroatoms. The van der Waals surface area contributed by atoms with E-state index in [9.17, 15) is 14.9 Å². The van der Waals surface area contributed by atoms with Gasteiger partial charge in [0.05, 0.1) is 23.5 Å². The van der Waals surface area contributed by atoms with Crippen LogP contribution in [0.25, 0.3) is 10.9 Å². The average molecular weight is 469 g/mol. The molecule has 3 heterocycles. The summed E-state index contributed by atoms with van der Waals surface area (Å²) in [6.45, 7) is 0.286. The van der Waals surface area contributed by atoms with E-state index in [4.69, 9.17) is 5.10 Å². The molecular formula is C25H24N8O2. The Morgan fingerprint density at radius 2 is 2.00 bits per heavy atom. The third-order valence-corrected chi connectivity index (χ3v) is 6.25. The number of nitrogens with zero attached hydrogens (tertiary/aromatic N) is 5. The minimum atomic E-state index is -0.361. The van der Waals surface area contributed by atoms with Crippen LogP contribution < -0.4 is 16.2 Å². The van der Waals surface area contributed by atoms with E-state index < -0.39 is 0 Å². The Hall–Kier alpha value is -4.52. The van der Waals surface area contributed by atoms with E-state index in [2.05, 4.69) is 31.7 Å². The van der Waals surface area contributed by atoms with Crippen molar-refractivity contribution in [3.05, 3.63) is 76.7 Å². The molecule has 3 aromatic heterocycles. The van der Waals surface area contributed by atoms with Crippen LogP contribution in [0.15, 0.2) is 59.8 Å². The lowest BCUT2D eigenvalue weighted by Gasteiger charge is -2.27. The van der Waals surface area contributed by atoms with E-state index in [-0.39, 0.29) is 35.8 Å². The predicted octanol–water partition coefficient (Wildman–Crippen LogP) is 3.44. The fourth-order valence-electron chi connectivity index (χ4n) is 4.57. The highest BCUT2D eigenvalue weighted by atomic mass is 16.2. The molecule has 2 atom stereocenters. The maximum absolute atomic E-state index is 12.7. The third-order valence-electron chi connectivity index (χ3n) is 6.25. The van der Waals surface area contributed by atoms with Crippen molar-refractivity contribution >= 4 is 28.3 Å². The maximum Gasteiger partial charge on any atom is 0.289 e. The van der Waals surface area contributed by atoms with Crippen molar-refractivity contribution < 1.29 is 4.79 Å². The minimum Gasteiger partial charge on any atom is -0.345 e. The summed E-state index contributed by atoms with van der Waals surface area (Å²) in [5, 5.41) is 21.0. The van der Waals surface area contributed by atoms with Gasteiger partial charge in [-0.05, 0) is 42.7 Å². The van der Waals surface area contributed by atoms with Gasteiger partial charge in [-0.25, -0.2) is 9.97 Å². The van der Waals surface area contributed by atoms with E-state index in [0.29, 0.717) is 16.7 Å². The van der Waals surface area contributed by atoms with Crippen LogP contribution in [0.1, 0.15) is 47.9 Å². The number of aromatic amines is 1. The second-order valence-corrected chi connectivity index (χ2v) is 8.53. The smallest absolute Gasteiger partial charge is 0.289 e. The first-order valence-corrected chi connectivity index (χ1v) is 11.5. The van der Waals surface area contributed by atoms with E-state index in [1.807, 2.05) is 35.0 Å². The third kappa shape index (κ3) is 4.61. The van der Waals surface area contributed by atoms with Gasteiger partial charge in [0, 0.05) is 30.8 Å². The highest BCUT2D eigenvalue weighted by Crippen LogP contribution is 2.36. The normalized spacial score (nSPS) is 17.6. The van der Waals surface area contributed by atoms with Gasteiger partial charge in [0.2, 0.25) is 5.82 Å². The number of pyridine rings is 1. The maximum atomic E-state index is 12.7. The van der Waals surface area contributed by atoms with Gasteiger partial charge < -0.3 is 15.6 Å². The zero-order valence-electron chi connectivity index (χ0n) is 18.9. The zero-order valence-corrected chi connectivity index (χ0v) is 18.9. The molecule has 176 valence electrons. The van der Waals surface area contributed by atoms with Gasteiger partial charge in [-0.2, -0.15) is 10.4 Å². The van der Waals surface area contributed by atoms with Crippen molar-refractivity contribution in [2.24, 2.45) is 5.92 Å². The molecule has 1 aliphatic carbocycles. The molecule has 2 unspecified atom stereocenters. The molecule has 1 aromatic carbocycles. The van der Waals surface area contributed by atoms with Crippen molar-refractivity contribution in [3.63, 3.8) is 0 Å². The van der Waals surface area contributed by atoms with Crippen molar-refractivity contribution in [2.45, 2.75) is 38.3 Å². The summed E-state index contributed by atoms with van der Waals surface area (Å²) in [6.07, 6.45) is 8.37. The number of benzene rings is 1. The van der Waals surface area contributed by atoms with Crippen molar-refractivity contribution in [1.29, 1.82) is 5.26 Å². The number of amides is 1. The van der Waals surface area contributed by atoms with Gasteiger partial charge in [-0.15, -0.1) is 0 Å². The number of hydrogen-bond donors (Lipinski definition) is 3.